The molecule has 0 N–H and O–H groups in total. The van der Waals surface area contributed by atoms with Gasteiger partial charge < -0.3 is 9.47 Å². The second-order valence-electron chi connectivity index (χ2n) is 5.28. The van der Waals surface area contributed by atoms with Crippen molar-refractivity contribution in [3.05, 3.63) is 17.7 Å². The van der Waals surface area contributed by atoms with Gasteiger partial charge in [0.2, 0.25) is 0 Å². The third-order valence-electron chi connectivity index (χ3n) is 4.07. The number of hydrogen-bond donors (Lipinski definition) is 0. The monoisotopic (exact) mass is 219 g/mol. The Morgan fingerprint density at radius 2 is 2.25 bits per heavy atom. The van der Waals surface area contributed by atoms with Crippen LogP contribution in [-0.2, 0) is 19.4 Å². The number of aryl methyl sites for hydroxylation is 2. The average Bonchev–Trinajstić information content (AvgIpc) is 2.85. The number of rotatable bonds is 2. The second kappa shape index (κ2) is 4.21. The molecule has 88 valence electrons. The predicted molar refractivity (Wildman–Crippen MR) is 64.5 cm³/mol. The van der Waals surface area contributed by atoms with Crippen LogP contribution < -0.4 is 0 Å². The molecule has 2 aliphatic rings. The first-order chi connectivity index (χ1) is 7.83. The van der Waals surface area contributed by atoms with E-state index in [1.165, 1.54) is 56.7 Å². The number of hydrogen-bond acceptors (Lipinski definition) is 2. The SMILES string of the molecule is CN1CCCC1Cc1cn2c(n1)CCCC2. The Kier molecular flexibility index (Phi) is 2.72. The quantitative estimate of drug-likeness (QED) is 0.757. The van der Waals surface area contributed by atoms with E-state index in [9.17, 15) is 0 Å². The van der Waals surface area contributed by atoms with Crippen LogP contribution in [-0.4, -0.2) is 34.1 Å². The molecule has 0 saturated carbocycles. The van der Waals surface area contributed by atoms with Gasteiger partial charge in [-0.2, -0.15) is 0 Å². The number of imidazole rings is 1. The molecule has 0 radical (unpaired) electrons. The average molecular weight is 219 g/mol. The van der Waals surface area contributed by atoms with Crippen molar-refractivity contribution in [2.75, 3.05) is 13.6 Å². The van der Waals surface area contributed by atoms with Gasteiger partial charge in [0.25, 0.3) is 0 Å². The lowest BCUT2D eigenvalue weighted by Gasteiger charge is -2.17. The third kappa shape index (κ3) is 1.88. The summed E-state index contributed by atoms with van der Waals surface area (Å²) in [6.07, 6.45) is 9.97. The second-order valence-corrected chi connectivity index (χ2v) is 5.28. The first-order valence-corrected chi connectivity index (χ1v) is 6.58. The van der Waals surface area contributed by atoms with E-state index in [1.807, 2.05) is 0 Å². The summed E-state index contributed by atoms with van der Waals surface area (Å²) in [4.78, 5) is 7.27. The molecule has 3 heteroatoms. The van der Waals surface area contributed by atoms with Crippen molar-refractivity contribution < 1.29 is 0 Å². The van der Waals surface area contributed by atoms with Gasteiger partial charge in [-0.3, -0.25) is 0 Å². The van der Waals surface area contributed by atoms with E-state index in [0.717, 1.165) is 12.5 Å². The standard InChI is InChI=1S/C13H21N3/c1-15-7-4-5-12(15)9-11-10-16-8-3-2-6-13(16)14-11/h10,12H,2-9H2,1H3. The van der Waals surface area contributed by atoms with Crippen molar-refractivity contribution in [2.24, 2.45) is 0 Å². The summed E-state index contributed by atoms with van der Waals surface area (Å²) in [5.74, 6) is 1.32. The van der Waals surface area contributed by atoms with Crippen LogP contribution in [0.3, 0.4) is 0 Å². The van der Waals surface area contributed by atoms with Crippen LogP contribution in [0.15, 0.2) is 6.20 Å². The van der Waals surface area contributed by atoms with E-state index in [1.54, 1.807) is 0 Å². The molecular weight excluding hydrogens is 198 g/mol. The molecular formula is C13H21N3. The Morgan fingerprint density at radius 1 is 1.31 bits per heavy atom. The zero-order valence-corrected chi connectivity index (χ0v) is 10.2. The summed E-state index contributed by atoms with van der Waals surface area (Å²) in [6, 6.07) is 0.733. The molecule has 3 rings (SSSR count). The van der Waals surface area contributed by atoms with Crippen molar-refractivity contribution in [3.8, 4) is 0 Å². The number of likely N-dealkylation sites (N-methyl/N-ethyl adjacent to an activating group) is 1. The molecule has 1 aromatic rings. The summed E-state index contributed by atoms with van der Waals surface area (Å²) >= 11 is 0. The zero-order valence-electron chi connectivity index (χ0n) is 10.2. The Bertz CT molecular complexity index is 346. The molecule has 3 nitrogen and oxygen atoms in total. The zero-order chi connectivity index (χ0) is 11.0. The summed E-state index contributed by atoms with van der Waals surface area (Å²) in [5, 5.41) is 0. The molecule has 0 bridgehead atoms. The molecule has 1 aromatic heterocycles. The van der Waals surface area contributed by atoms with Gasteiger partial charge in [0.15, 0.2) is 0 Å². The third-order valence-corrected chi connectivity index (χ3v) is 4.07. The summed E-state index contributed by atoms with van der Waals surface area (Å²) < 4.78 is 2.37. The number of fused-ring (bicyclic) bond motifs is 1. The Balaban J connectivity index is 1.72. The smallest absolute Gasteiger partial charge is 0.108 e. The minimum Gasteiger partial charge on any atom is -0.335 e. The van der Waals surface area contributed by atoms with Gasteiger partial charge in [0, 0.05) is 31.6 Å². The molecule has 1 fully saturated rings. The van der Waals surface area contributed by atoms with Crippen molar-refractivity contribution in [3.63, 3.8) is 0 Å². The molecule has 2 aliphatic heterocycles. The minimum atomic E-state index is 0.733. The van der Waals surface area contributed by atoms with Gasteiger partial charge in [-0.05, 0) is 39.3 Å². The van der Waals surface area contributed by atoms with Gasteiger partial charge in [0.1, 0.15) is 5.82 Å². The van der Waals surface area contributed by atoms with E-state index in [-0.39, 0.29) is 0 Å². The van der Waals surface area contributed by atoms with Gasteiger partial charge in [-0.25, -0.2) is 4.98 Å². The molecule has 1 atom stereocenters. The molecule has 0 aliphatic carbocycles. The largest absolute Gasteiger partial charge is 0.335 e. The molecule has 3 heterocycles. The maximum atomic E-state index is 4.78. The summed E-state index contributed by atoms with van der Waals surface area (Å²) in [5.41, 5.74) is 1.32. The van der Waals surface area contributed by atoms with Gasteiger partial charge in [-0.1, -0.05) is 0 Å². The Morgan fingerprint density at radius 3 is 3.00 bits per heavy atom. The van der Waals surface area contributed by atoms with E-state index in [2.05, 4.69) is 22.7 Å². The van der Waals surface area contributed by atoms with Gasteiger partial charge in [0.05, 0.1) is 5.69 Å². The van der Waals surface area contributed by atoms with Crippen LogP contribution in [0.25, 0.3) is 0 Å². The van der Waals surface area contributed by atoms with Crippen LogP contribution in [0.2, 0.25) is 0 Å². The van der Waals surface area contributed by atoms with E-state index in [0.29, 0.717) is 0 Å². The molecule has 0 spiro atoms. The topological polar surface area (TPSA) is 21.1 Å². The van der Waals surface area contributed by atoms with Crippen molar-refractivity contribution in [2.45, 2.75) is 51.1 Å². The highest BCUT2D eigenvalue weighted by Crippen LogP contribution is 2.21. The van der Waals surface area contributed by atoms with E-state index >= 15 is 0 Å². The predicted octanol–water partition coefficient (Wildman–Crippen LogP) is 1.86. The van der Waals surface area contributed by atoms with Gasteiger partial charge in [-0.15, -0.1) is 0 Å². The van der Waals surface area contributed by atoms with E-state index < -0.39 is 0 Å². The van der Waals surface area contributed by atoms with Crippen LogP contribution in [0.4, 0.5) is 0 Å². The fourth-order valence-electron chi connectivity index (χ4n) is 3.05. The maximum absolute atomic E-state index is 4.78. The highest BCUT2D eigenvalue weighted by Gasteiger charge is 2.22. The number of likely N-dealkylation sites (tertiary alicyclic amines) is 1. The van der Waals surface area contributed by atoms with Gasteiger partial charge >= 0.3 is 0 Å². The lowest BCUT2D eigenvalue weighted by molar-refractivity contribution is 0.308. The van der Waals surface area contributed by atoms with Crippen LogP contribution >= 0.6 is 0 Å². The van der Waals surface area contributed by atoms with E-state index in [4.69, 9.17) is 4.98 Å². The number of nitrogens with zero attached hydrogens (tertiary/aromatic N) is 3. The first-order valence-electron chi connectivity index (χ1n) is 6.58. The van der Waals surface area contributed by atoms with Crippen LogP contribution in [0, 0.1) is 0 Å². The highest BCUT2D eigenvalue weighted by atomic mass is 15.2. The highest BCUT2D eigenvalue weighted by molar-refractivity contribution is 5.08. The summed E-state index contributed by atoms with van der Waals surface area (Å²) in [6.45, 7) is 2.45. The Hall–Kier alpha value is -0.830. The van der Waals surface area contributed by atoms with Crippen LogP contribution in [0.1, 0.15) is 37.2 Å². The normalized spacial score (nSPS) is 25.9. The fraction of sp³-hybridized carbons (Fsp3) is 0.769. The number of aromatic nitrogens is 2. The van der Waals surface area contributed by atoms with Crippen molar-refractivity contribution >= 4 is 0 Å². The molecule has 0 aromatic carbocycles. The minimum absolute atomic E-state index is 0.733. The molecule has 1 unspecified atom stereocenters. The first kappa shape index (κ1) is 10.3. The molecule has 1 saturated heterocycles. The van der Waals surface area contributed by atoms with Crippen LogP contribution in [0.5, 0.6) is 0 Å². The molecule has 16 heavy (non-hydrogen) atoms. The molecule has 0 amide bonds. The Labute approximate surface area is 97.5 Å². The maximum Gasteiger partial charge on any atom is 0.108 e. The lowest BCUT2D eigenvalue weighted by atomic mass is 10.1. The summed E-state index contributed by atoms with van der Waals surface area (Å²) in [7, 11) is 2.24. The fourth-order valence-corrected chi connectivity index (χ4v) is 3.05. The van der Waals surface area contributed by atoms with Crippen molar-refractivity contribution in [1.29, 1.82) is 0 Å². The lowest BCUT2D eigenvalue weighted by Crippen LogP contribution is -2.26. The van der Waals surface area contributed by atoms with Crippen molar-refractivity contribution in [1.82, 2.24) is 14.5 Å².